The van der Waals surface area contributed by atoms with E-state index in [-0.39, 0.29) is 17.6 Å². The quantitative estimate of drug-likeness (QED) is 0.320. The maximum atomic E-state index is 12.8. The van der Waals surface area contributed by atoms with Gasteiger partial charge in [-0.05, 0) is 37.0 Å². The Morgan fingerprint density at radius 3 is 2.35 bits per heavy atom. The molecule has 0 N–H and O–H groups in total. The third-order valence-electron chi connectivity index (χ3n) is 4.44. The zero-order chi connectivity index (χ0) is 19.6. The van der Waals surface area contributed by atoms with E-state index in [2.05, 4.69) is 13.2 Å². The molecular weight excluding hydrogens is 340 g/mol. The summed E-state index contributed by atoms with van der Waals surface area (Å²) in [5.74, 6) is -3.13. The minimum atomic E-state index is -1.24. The van der Waals surface area contributed by atoms with Gasteiger partial charge in [-0.15, -0.1) is 0 Å². The van der Waals surface area contributed by atoms with E-state index in [0.29, 0.717) is 12.0 Å². The summed E-state index contributed by atoms with van der Waals surface area (Å²) in [6.45, 7) is 11.7. The fourth-order valence-corrected chi connectivity index (χ4v) is 3.14. The lowest BCUT2D eigenvalue weighted by Gasteiger charge is -2.28. The highest BCUT2D eigenvalue weighted by Crippen LogP contribution is 2.36. The standard InChI is InChI=1S/C19H22O7/c1-9-6-7-14(24-12(4)20)10(2)8-15-16(11(3)19(23)26-15)18(17(9)22)25-13(5)21/h8,14-16,18H,1,3,6-7H2,2,4-5H3/b10-8-/t14-,15-,16+,18+/m0/s1. The molecule has 0 radical (unpaired) electrons. The van der Waals surface area contributed by atoms with Crippen LogP contribution in [0.25, 0.3) is 0 Å². The largest absolute Gasteiger partial charge is 0.458 e. The zero-order valence-electron chi connectivity index (χ0n) is 15.1. The molecule has 0 spiro atoms. The first-order valence-corrected chi connectivity index (χ1v) is 8.26. The van der Waals surface area contributed by atoms with Crippen molar-refractivity contribution in [2.45, 2.75) is 51.9 Å². The van der Waals surface area contributed by atoms with Crippen molar-refractivity contribution in [3.05, 3.63) is 36.0 Å². The Kier molecular flexibility index (Phi) is 5.79. The van der Waals surface area contributed by atoms with Crippen LogP contribution in [0, 0.1) is 5.92 Å². The molecule has 26 heavy (non-hydrogen) atoms. The summed E-state index contributed by atoms with van der Waals surface area (Å²) >= 11 is 0. The number of Topliss-reactive ketones (excluding diaryl/α,β-unsaturated/α-hetero) is 1. The van der Waals surface area contributed by atoms with Crippen LogP contribution in [0.3, 0.4) is 0 Å². The van der Waals surface area contributed by atoms with E-state index in [1.807, 2.05) is 0 Å². The molecule has 0 aromatic rings. The Bertz CT molecular complexity index is 715. The Hall–Kier alpha value is -2.70. The number of hydrogen-bond acceptors (Lipinski definition) is 7. The van der Waals surface area contributed by atoms with Gasteiger partial charge in [0.2, 0.25) is 0 Å². The third kappa shape index (κ3) is 4.09. The molecule has 0 aromatic heterocycles. The summed E-state index contributed by atoms with van der Waals surface area (Å²) in [6, 6.07) is 0. The molecule has 2 aliphatic rings. The van der Waals surface area contributed by atoms with Crippen molar-refractivity contribution < 1.29 is 33.4 Å². The maximum absolute atomic E-state index is 12.8. The lowest BCUT2D eigenvalue weighted by molar-refractivity contribution is -0.155. The molecule has 1 aliphatic carbocycles. The number of carbonyl (C=O) groups excluding carboxylic acids is 4. The van der Waals surface area contributed by atoms with E-state index in [0.717, 1.165) is 0 Å². The van der Waals surface area contributed by atoms with E-state index in [9.17, 15) is 19.2 Å². The van der Waals surface area contributed by atoms with Gasteiger partial charge in [0, 0.05) is 19.4 Å². The number of carbonyl (C=O) groups is 4. The van der Waals surface area contributed by atoms with Gasteiger partial charge >= 0.3 is 17.9 Å². The molecule has 7 heteroatoms. The highest BCUT2D eigenvalue weighted by molar-refractivity contribution is 6.02. The Labute approximate surface area is 151 Å². The number of ether oxygens (including phenoxy) is 3. The first kappa shape index (κ1) is 19.6. The second-order valence-electron chi connectivity index (χ2n) is 6.47. The minimum Gasteiger partial charge on any atom is -0.458 e. The molecule has 1 heterocycles. The lowest BCUT2D eigenvalue weighted by Crippen LogP contribution is -2.40. The Morgan fingerprint density at radius 2 is 1.77 bits per heavy atom. The first-order chi connectivity index (χ1) is 12.1. The van der Waals surface area contributed by atoms with Crippen molar-refractivity contribution in [3.8, 4) is 0 Å². The van der Waals surface area contributed by atoms with Gasteiger partial charge in [0.05, 0.1) is 5.92 Å². The van der Waals surface area contributed by atoms with E-state index >= 15 is 0 Å². The van der Waals surface area contributed by atoms with Gasteiger partial charge < -0.3 is 14.2 Å². The predicted molar refractivity (Wildman–Crippen MR) is 90.8 cm³/mol. The molecule has 4 atom stereocenters. The van der Waals surface area contributed by atoms with Crippen LogP contribution < -0.4 is 0 Å². The van der Waals surface area contributed by atoms with Crippen LogP contribution in [0.2, 0.25) is 0 Å². The molecule has 1 saturated heterocycles. The average molecular weight is 362 g/mol. The van der Waals surface area contributed by atoms with Crippen LogP contribution in [0.4, 0.5) is 0 Å². The highest BCUT2D eigenvalue weighted by Gasteiger charge is 2.48. The number of esters is 3. The molecule has 0 bridgehead atoms. The van der Waals surface area contributed by atoms with Crippen molar-refractivity contribution in [2.24, 2.45) is 5.92 Å². The highest BCUT2D eigenvalue weighted by atomic mass is 16.6. The molecule has 0 aromatic carbocycles. The van der Waals surface area contributed by atoms with E-state index in [1.165, 1.54) is 13.8 Å². The van der Waals surface area contributed by atoms with Crippen LogP contribution in [0.15, 0.2) is 36.0 Å². The van der Waals surface area contributed by atoms with Crippen LogP contribution in [-0.2, 0) is 33.4 Å². The number of ketones is 1. The first-order valence-electron chi connectivity index (χ1n) is 8.26. The molecular formula is C19H22O7. The summed E-state index contributed by atoms with van der Waals surface area (Å²) in [4.78, 5) is 47.7. The second kappa shape index (κ2) is 7.68. The third-order valence-corrected chi connectivity index (χ3v) is 4.44. The van der Waals surface area contributed by atoms with Gasteiger partial charge in [-0.2, -0.15) is 0 Å². The van der Waals surface area contributed by atoms with Crippen LogP contribution in [-0.4, -0.2) is 42.0 Å². The Morgan fingerprint density at radius 1 is 1.15 bits per heavy atom. The maximum Gasteiger partial charge on any atom is 0.334 e. The topological polar surface area (TPSA) is 96.0 Å². The fourth-order valence-electron chi connectivity index (χ4n) is 3.14. The molecule has 1 aliphatic heterocycles. The average Bonchev–Trinajstić information content (AvgIpc) is 2.81. The van der Waals surface area contributed by atoms with Crippen molar-refractivity contribution in [3.63, 3.8) is 0 Å². The van der Waals surface area contributed by atoms with Crippen molar-refractivity contribution in [1.29, 1.82) is 0 Å². The van der Waals surface area contributed by atoms with Crippen molar-refractivity contribution in [1.82, 2.24) is 0 Å². The summed E-state index contributed by atoms with van der Waals surface area (Å²) in [6.07, 6.45) is -0.461. The predicted octanol–water partition coefficient (Wildman–Crippen LogP) is 1.81. The van der Waals surface area contributed by atoms with Crippen LogP contribution in [0.5, 0.6) is 0 Å². The summed E-state index contributed by atoms with van der Waals surface area (Å²) < 4.78 is 15.8. The molecule has 2 rings (SSSR count). The van der Waals surface area contributed by atoms with E-state index in [1.54, 1.807) is 13.0 Å². The van der Waals surface area contributed by atoms with E-state index in [4.69, 9.17) is 14.2 Å². The van der Waals surface area contributed by atoms with Gasteiger partial charge in [0.25, 0.3) is 0 Å². The molecule has 0 amide bonds. The number of rotatable bonds is 2. The SMILES string of the molecule is C=C1CC[C@H](OC(C)=O)/C(C)=C\[C@@H]2OC(=O)C(=C)[C@H]2[C@@H](OC(C)=O)C1=O. The molecule has 1 fully saturated rings. The van der Waals surface area contributed by atoms with Gasteiger partial charge in [0.15, 0.2) is 11.9 Å². The van der Waals surface area contributed by atoms with Crippen molar-refractivity contribution >= 4 is 23.7 Å². The van der Waals surface area contributed by atoms with E-state index < -0.39 is 47.9 Å². The van der Waals surface area contributed by atoms with Gasteiger partial charge in [-0.25, -0.2) is 4.79 Å². The minimum absolute atomic E-state index is 0.0519. The molecule has 140 valence electrons. The van der Waals surface area contributed by atoms with Crippen LogP contribution in [0.1, 0.15) is 33.6 Å². The summed E-state index contributed by atoms with van der Waals surface area (Å²) in [5, 5.41) is 0. The lowest BCUT2D eigenvalue weighted by atomic mass is 9.83. The van der Waals surface area contributed by atoms with Crippen molar-refractivity contribution in [2.75, 3.05) is 0 Å². The normalized spacial score (nSPS) is 31.4. The zero-order valence-corrected chi connectivity index (χ0v) is 15.1. The van der Waals surface area contributed by atoms with Crippen LogP contribution >= 0.6 is 0 Å². The molecule has 0 saturated carbocycles. The van der Waals surface area contributed by atoms with Gasteiger partial charge in [-0.3, -0.25) is 14.4 Å². The Balaban J connectivity index is 2.50. The summed E-state index contributed by atoms with van der Waals surface area (Å²) in [5.41, 5.74) is 0.937. The summed E-state index contributed by atoms with van der Waals surface area (Å²) in [7, 11) is 0. The number of fused-ring (bicyclic) bond motifs is 1. The van der Waals surface area contributed by atoms with Gasteiger partial charge in [-0.1, -0.05) is 13.2 Å². The fraction of sp³-hybridized carbons (Fsp3) is 0.474. The number of hydrogen-bond donors (Lipinski definition) is 0. The van der Waals surface area contributed by atoms with Gasteiger partial charge in [0.1, 0.15) is 12.2 Å². The second-order valence-corrected chi connectivity index (χ2v) is 6.47. The monoisotopic (exact) mass is 362 g/mol. The molecule has 0 unspecified atom stereocenters. The smallest absolute Gasteiger partial charge is 0.334 e. The molecule has 7 nitrogen and oxygen atoms in total.